The Hall–Kier alpha value is -2.57. The molecule has 4 rings (SSSR count). The van der Waals surface area contributed by atoms with Crippen molar-refractivity contribution in [1.82, 2.24) is 0 Å². The molecule has 6 heteroatoms. The number of carbonyl (C=O) groups excluding carboxylic acids is 2. The second-order valence-electron chi connectivity index (χ2n) is 7.70. The number of nitrogens with one attached hydrogen (secondary N) is 1. The summed E-state index contributed by atoms with van der Waals surface area (Å²) in [7, 11) is 0. The van der Waals surface area contributed by atoms with Gasteiger partial charge in [0.1, 0.15) is 10.3 Å². The number of thioether (sulfide) groups is 1. The molecule has 1 atom stereocenters. The number of carbonyl (C=O) groups is 2. The van der Waals surface area contributed by atoms with Gasteiger partial charge < -0.3 is 10.1 Å². The molecule has 0 aliphatic heterocycles. The normalized spacial score (nSPS) is 14.2. The number of aryl methyl sites for hydroxylation is 1. The predicted molar refractivity (Wildman–Crippen MR) is 132 cm³/mol. The Kier molecular flexibility index (Phi) is 7.66. The van der Waals surface area contributed by atoms with E-state index in [0.29, 0.717) is 17.2 Å². The number of hydrogen-bond donors (Lipinski definition) is 1. The van der Waals surface area contributed by atoms with E-state index in [9.17, 15) is 9.59 Å². The van der Waals surface area contributed by atoms with Gasteiger partial charge in [-0.25, -0.2) is 4.79 Å². The SMILES string of the molecule is CCOC(=O)c1c(NC(=O)C(Sc2ccccc2)c2ccccc2)sc2c1CCCCC2. The quantitative estimate of drug-likeness (QED) is 0.241. The molecule has 2 aromatic carbocycles. The molecule has 1 heterocycles. The van der Waals surface area contributed by atoms with Crippen molar-refractivity contribution in [3.63, 3.8) is 0 Å². The van der Waals surface area contributed by atoms with Crippen molar-refractivity contribution >= 4 is 40.0 Å². The van der Waals surface area contributed by atoms with Gasteiger partial charge in [-0.1, -0.05) is 55.0 Å². The van der Waals surface area contributed by atoms with Crippen molar-refractivity contribution in [2.24, 2.45) is 0 Å². The van der Waals surface area contributed by atoms with Gasteiger partial charge in [0.2, 0.25) is 5.91 Å². The van der Waals surface area contributed by atoms with Crippen LogP contribution in [-0.2, 0) is 22.4 Å². The summed E-state index contributed by atoms with van der Waals surface area (Å²) in [5.74, 6) is -0.471. The molecular weight excluding hydrogens is 438 g/mol. The summed E-state index contributed by atoms with van der Waals surface area (Å²) in [5.41, 5.74) is 2.54. The van der Waals surface area contributed by atoms with Crippen LogP contribution in [-0.4, -0.2) is 18.5 Å². The van der Waals surface area contributed by atoms with E-state index >= 15 is 0 Å². The molecule has 1 N–H and O–H groups in total. The lowest BCUT2D eigenvalue weighted by Gasteiger charge is -2.17. The van der Waals surface area contributed by atoms with Gasteiger partial charge in [0.05, 0.1) is 12.2 Å². The first-order chi connectivity index (χ1) is 15.7. The predicted octanol–water partition coefficient (Wildman–Crippen LogP) is 6.67. The van der Waals surface area contributed by atoms with Crippen LogP contribution in [0.3, 0.4) is 0 Å². The van der Waals surface area contributed by atoms with Crippen LogP contribution in [0.4, 0.5) is 5.00 Å². The van der Waals surface area contributed by atoms with Crippen molar-refractivity contribution in [1.29, 1.82) is 0 Å². The maximum absolute atomic E-state index is 13.6. The average molecular weight is 466 g/mol. The van der Waals surface area contributed by atoms with E-state index in [0.717, 1.165) is 48.1 Å². The molecule has 0 spiro atoms. The number of anilines is 1. The number of thiophene rings is 1. The second-order valence-corrected chi connectivity index (χ2v) is 9.98. The Bertz CT molecular complexity index is 1060. The largest absolute Gasteiger partial charge is 0.462 e. The summed E-state index contributed by atoms with van der Waals surface area (Å²) in [6.07, 6.45) is 5.13. The summed E-state index contributed by atoms with van der Waals surface area (Å²) >= 11 is 3.04. The number of amides is 1. The maximum Gasteiger partial charge on any atom is 0.341 e. The van der Waals surface area contributed by atoms with E-state index in [1.54, 1.807) is 0 Å². The molecule has 1 aliphatic carbocycles. The first kappa shape index (κ1) is 22.6. The topological polar surface area (TPSA) is 55.4 Å². The molecule has 1 aromatic heterocycles. The highest BCUT2D eigenvalue weighted by Gasteiger charge is 2.29. The third-order valence-corrected chi connectivity index (χ3v) is 7.95. The van der Waals surface area contributed by atoms with Gasteiger partial charge >= 0.3 is 5.97 Å². The van der Waals surface area contributed by atoms with E-state index in [1.165, 1.54) is 28.0 Å². The second kappa shape index (κ2) is 10.8. The molecule has 1 amide bonds. The number of rotatable bonds is 7. The van der Waals surface area contributed by atoms with Crippen LogP contribution < -0.4 is 5.32 Å². The molecule has 32 heavy (non-hydrogen) atoms. The number of ether oxygens (including phenoxy) is 1. The number of hydrogen-bond acceptors (Lipinski definition) is 5. The van der Waals surface area contributed by atoms with Gasteiger partial charge in [-0.2, -0.15) is 0 Å². The standard InChI is InChI=1S/C26H27NO3S2/c1-2-30-26(29)22-20-16-10-5-11-17-21(20)32-25(22)27-24(28)23(18-12-6-3-7-13-18)31-19-14-8-4-9-15-19/h3-4,6-9,12-15,23H,2,5,10-11,16-17H2,1H3,(H,27,28). The van der Waals surface area contributed by atoms with E-state index in [1.807, 2.05) is 67.6 Å². The summed E-state index contributed by atoms with van der Waals surface area (Å²) < 4.78 is 5.37. The summed E-state index contributed by atoms with van der Waals surface area (Å²) in [5, 5.41) is 3.29. The van der Waals surface area contributed by atoms with Crippen molar-refractivity contribution in [2.45, 2.75) is 49.2 Å². The van der Waals surface area contributed by atoms with E-state index in [-0.39, 0.29) is 11.9 Å². The number of benzene rings is 2. The zero-order valence-electron chi connectivity index (χ0n) is 18.1. The Balaban J connectivity index is 1.66. The molecule has 0 radical (unpaired) electrons. The third kappa shape index (κ3) is 5.25. The Labute approximate surface area is 197 Å². The summed E-state index contributed by atoms with van der Waals surface area (Å²) in [6.45, 7) is 2.12. The van der Waals surface area contributed by atoms with Gasteiger partial charge in [-0.05, 0) is 55.9 Å². The molecule has 0 saturated carbocycles. The number of esters is 1. The van der Waals surface area contributed by atoms with Crippen molar-refractivity contribution in [3.05, 3.63) is 82.2 Å². The molecule has 0 bridgehead atoms. The first-order valence-electron chi connectivity index (χ1n) is 11.1. The van der Waals surface area contributed by atoms with Crippen LogP contribution in [0, 0.1) is 0 Å². The molecule has 1 unspecified atom stereocenters. The minimum absolute atomic E-state index is 0.132. The smallest absolute Gasteiger partial charge is 0.341 e. The van der Waals surface area contributed by atoms with Gasteiger partial charge in [0.25, 0.3) is 0 Å². The van der Waals surface area contributed by atoms with Gasteiger partial charge in [0.15, 0.2) is 0 Å². The van der Waals surface area contributed by atoms with E-state index < -0.39 is 5.25 Å². The van der Waals surface area contributed by atoms with E-state index in [2.05, 4.69) is 5.32 Å². The lowest BCUT2D eigenvalue weighted by molar-refractivity contribution is -0.115. The Morgan fingerprint density at radius 1 is 1.00 bits per heavy atom. The third-order valence-electron chi connectivity index (χ3n) is 5.48. The summed E-state index contributed by atoms with van der Waals surface area (Å²) in [6, 6.07) is 19.7. The molecular formula is C26H27NO3S2. The van der Waals surface area contributed by atoms with Gasteiger partial charge in [-0.15, -0.1) is 23.1 Å². The van der Waals surface area contributed by atoms with Crippen LogP contribution in [0.5, 0.6) is 0 Å². The van der Waals surface area contributed by atoms with Gasteiger partial charge in [0, 0.05) is 9.77 Å². The van der Waals surface area contributed by atoms with Crippen molar-refractivity contribution < 1.29 is 14.3 Å². The monoisotopic (exact) mass is 465 g/mol. The van der Waals surface area contributed by atoms with Crippen molar-refractivity contribution in [2.75, 3.05) is 11.9 Å². The minimum atomic E-state index is -0.435. The Morgan fingerprint density at radius 2 is 1.69 bits per heavy atom. The zero-order chi connectivity index (χ0) is 22.3. The fraction of sp³-hybridized carbons (Fsp3) is 0.308. The van der Waals surface area contributed by atoms with Crippen LogP contribution in [0.15, 0.2) is 65.6 Å². The maximum atomic E-state index is 13.6. The summed E-state index contributed by atoms with van der Waals surface area (Å²) in [4.78, 5) is 28.6. The van der Waals surface area contributed by atoms with Crippen molar-refractivity contribution in [3.8, 4) is 0 Å². The highest BCUT2D eigenvalue weighted by Crippen LogP contribution is 2.41. The molecule has 0 fully saturated rings. The van der Waals surface area contributed by atoms with Crippen LogP contribution >= 0.6 is 23.1 Å². The molecule has 166 valence electrons. The van der Waals surface area contributed by atoms with Crippen LogP contribution in [0.25, 0.3) is 0 Å². The van der Waals surface area contributed by atoms with Crippen LogP contribution in [0.1, 0.15) is 57.8 Å². The zero-order valence-corrected chi connectivity index (χ0v) is 19.8. The minimum Gasteiger partial charge on any atom is -0.462 e. The molecule has 0 saturated heterocycles. The number of fused-ring (bicyclic) bond motifs is 1. The van der Waals surface area contributed by atoms with Gasteiger partial charge in [-0.3, -0.25) is 4.79 Å². The highest BCUT2D eigenvalue weighted by molar-refractivity contribution is 8.00. The first-order valence-corrected chi connectivity index (χ1v) is 12.8. The Morgan fingerprint density at radius 3 is 2.41 bits per heavy atom. The van der Waals surface area contributed by atoms with Crippen LogP contribution in [0.2, 0.25) is 0 Å². The average Bonchev–Trinajstić information content (AvgIpc) is 2.99. The highest BCUT2D eigenvalue weighted by atomic mass is 32.2. The lowest BCUT2D eigenvalue weighted by Crippen LogP contribution is -2.20. The molecule has 3 aromatic rings. The molecule has 1 aliphatic rings. The fourth-order valence-corrected chi connectivity index (χ4v) is 6.29. The van der Waals surface area contributed by atoms with E-state index in [4.69, 9.17) is 4.74 Å². The lowest BCUT2D eigenvalue weighted by atomic mass is 10.1. The fourth-order valence-electron chi connectivity index (χ4n) is 3.96. The molecule has 4 nitrogen and oxygen atoms in total.